The monoisotopic (exact) mass is 264 g/mol. The van der Waals surface area contributed by atoms with Gasteiger partial charge in [0.2, 0.25) is 0 Å². The third-order valence-corrected chi connectivity index (χ3v) is 3.64. The van der Waals surface area contributed by atoms with Crippen LogP contribution in [0.4, 0.5) is 0 Å². The minimum absolute atomic E-state index is 0.184. The van der Waals surface area contributed by atoms with Gasteiger partial charge in [-0.25, -0.2) is 0 Å². The molecule has 5 nitrogen and oxygen atoms in total. The number of benzene rings is 1. The van der Waals surface area contributed by atoms with Gasteiger partial charge in [-0.1, -0.05) is 18.2 Å². The molecule has 0 saturated carbocycles. The van der Waals surface area contributed by atoms with E-state index in [1.54, 1.807) is 24.3 Å². The number of nitrogens with zero attached hydrogens (tertiary/aromatic N) is 2. The Kier molecular flexibility index (Phi) is 3.99. The van der Waals surface area contributed by atoms with Crippen LogP contribution in [0.5, 0.6) is 0 Å². The molecule has 18 heavy (non-hydrogen) atoms. The van der Waals surface area contributed by atoms with Crippen molar-refractivity contribution in [2.24, 2.45) is 0 Å². The van der Waals surface area contributed by atoms with Gasteiger partial charge in [-0.15, -0.1) is 11.8 Å². The summed E-state index contributed by atoms with van der Waals surface area (Å²) in [5.74, 6) is 0.619. The first-order valence-electron chi connectivity index (χ1n) is 5.53. The Hall–Kier alpha value is -1.82. The highest BCUT2D eigenvalue weighted by Crippen LogP contribution is 2.28. The lowest BCUT2D eigenvalue weighted by Gasteiger charge is -2.27. The Bertz CT molecular complexity index is 487. The lowest BCUT2D eigenvalue weighted by molar-refractivity contribution is -0.403. The topological polar surface area (TPSA) is 63.5 Å². The van der Waals surface area contributed by atoms with Gasteiger partial charge in [0.15, 0.2) is 0 Å². The van der Waals surface area contributed by atoms with Crippen molar-refractivity contribution in [2.45, 2.75) is 6.42 Å². The number of thioether (sulfide) groups is 1. The maximum Gasteiger partial charge on any atom is 0.264 e. The van der Waals surface area contributed by atoms with E-state index in [2.05, 4.69) is 0 Å². The van der Waals surface area contributed by atoms with E-state index in [9.17, 15) is 14.9 Å². The van der Waals surface area contributed by atoms with Gasteiger partial charge in [-0.05, 0) is 18.6 Å². The molecular formula is C12H12N2O3S. The Morgan fingerprint density at radius 3 is 2.78 bits per heavy atom. The van der Waals surface area contributed by atoms with Gasteiger partial charge < -0.3 is 0 Å². The van der Waals surface area contributed by atoms with Crippen LogP contribution in [-0.2, 0) is 0 Å². The standard InChI is InChI=1S/C12H12N2O3S/c15-12(10-5-2-1-3-6-10)13-7-4-8-18-11(13)9-14(16)17/h1-3,5-6,9H,4,7-8H2. The maximum atomic E-state index is 12.2. The average molecular weight is 264 g/mol. The van der Waals surface area contributed by atoms with E-state index in [1.165, 1.54) is 16.7 Å². The van der Waals surface area contributed by atoms with E-state index in [-0.39, 0.29) is 5.91 Å². The van der Waals surface area contributed by atoms with E-state index < -0.39 is 4.92 Å². The Labute approximate surface area is 109 Å². The fraction of sp³-hybridized carbons (Fsp3) is 0.250. The summed E-state index contributed by atoms with van der Waals surface area (Å²) in [5, 5.41) is 11.0. The van der Waals surface area contributed by atoms with E-state index >= 15 is 0 Å². The molecule has 0 bridgehead atoms. The molecule has 0 unspecified atom stereocenters. The predicted molar refractivity (Wildman–Crippen MR) is 69.6 cm³/mol. The Morgan fingerprint density at radius 2 is 2.11 bits per heavy atom. The third-order valence-electron chi connectivity index (χ3n) is 2.52. The van der Waals surface area contributed by atoms with E-state index in [4.69, 9.17) is 0 Å². The zero-order valence-electron chi connectivity index (χ0n) is 9.61. The normalized spacial score (nSPS) is 17.8. The first kappa shape index (κ1) is 12.6. The number of carbonyl (C=O) groups excluding carboxylic acids is 1. The molecule has 2 rings (SSSR count). The highest BCUT2D eigenvalue weighted by atomic mass is 32.2. The van der Waals surface area contributed by atoms with Crippen molar-refractivity contribution in [3.63, 3.8) is 0 Å². The second-order valence-corrected chi connectivity index (χ2v) is 4.89. The fourth-order valence-corrected chi connectivity index (χ4v) is 2.70. The van der Waals surface area contributed by atoms with Crippen molar-refractivity contribution in [3.05, 3.63) is 57.2 Å². The molecular weight excluding hydrogens is 252 g/mol. The lowest BCUT2D eigenvalue weighted by Crippen LogP contribution is -2.33. The minimum Gasteiger partial charge on any atom is -0.298 e. The quantitative estimate of drug-likeness (QED) is 0.607. The highest BCUT2D eigenvalue weighted by Gasteiger charge is 2.25. The van der Waals surface area contributed by atoms with Crippen LogP contribution in [0.2, 0.25) is 0 Å². The molecule has 1 aromatic rings. The van der Waals surface area contributed by atoms with Gasteiger partial charge in [-0.2, -0.15) is 0 Å². The molecule has 1 aliphatic heterocycles. The average Bonchev–Trinajstić information content (AvgIpc) is 2.39. The van der Waals surface area contributed by atoms with Gasteiger partial charge in [0.1, 0.15) is 5.03 Å². The van der Waals surface area contributed by atoms with Crippen LogP contribution in [0.1, 0.15) is 16.8 Å². The number of nitro groups is 1. The molecule has 0 N–H and O–H groups in total. The van der Waals surface area contributed by atoms with E-state index in [0.717, 1.165) is 18.4 Å². The summed E-state index contributed by atoms with van der Waals surface area (Å²) in [6.45, 7) is 0.528. The van der Waals surface area contributed by atoms with Crippen LogP contribution in [0.15, 0.2) is 41.6 Å². The molecule has 1 aliphatic rings. The summed E-state index contributed by atoms with van der Waals surface area (Å²) in [6.07, 6.45) is 1.75. The van der Waals surface area contributed by atoms with Crippen molar-refractivity contribution in [3.8, 4) is 0 Å². The number of amides is 1. The second-order valence-electron chi connectivity index (χ2n) is 3.78. The SMILES string of the molecule is O=C(c1ccccc1)N1CCCSC1=C[N+](=O)[O-]. The Morgan fingerprint density at radius 1 is 1.39 bits per heavy atom. The summed E-state index contributed by atoms with van der Waals surface area (Å²) in [5.41, 5.74) is 0.550. The van der Waals surface area contributed by atoms with Crippen molar-refractivity contribution < 1.29 is 9.72 Å². The number of hydrogen-bond acceptors (Lipinski definition) is 4. The van der Waals surface area contributed by atoms with Gasteiger partial charge in [0.25, 0.3) is 12.1 Å². The molecule has 94 valence electrons. The minimum atomic E-state index is -0.515. The van der Waals surface area contributed by atoms with E-state index in [1.807, 2.05) is 6.07 Å². The molecule has 1 aromatic carbocycles. The zero-order chi connectivity index (χ0) is 13.0. The molecule has 0 aliphatic carbocycles. The van der Waals surface area contributed by atoms with Crippen molar-refractivity contribution in [2.75, 3.05) is 12.3 Å². The summed E-state index contributed by atoms with van der Waals surface area (Å²) in [6, 6.07) is 8.81. The van der Waals surface area contributed by atoms with Crippen LogP contribution >= 0.6 is 11.8 Å². The van der Waals surface area contributed by atoms with Gasteiger partial charge in [-0.3, -0.25) is 19.8 Å². The van der Waals surface area contributed by atoms with Crippen LogP contribution in [0.25, 0.3) is 0 Å². The largest absolute Gasteiger partial charge is 0.298 e. The maximum absolute atomic E-state index is 12.2. The fourth-order valence-electron chi connectivity index (χ4n) is 1.72. The highest BCUT2D eigenvalue weighted by molar-refractivity contribution is 8.03. The molecule has 0 radical (unpaired) electrons. The number of hydrogen-bond donors (Lipinski definition) is 0. The molecule has 0 atom stereocenters. The summed E-state index contributed by atoms with van der Waals surface area (Å²) in [7, 11) is 0. The molecule has 0 aromatic heterocycles. The van der Waals surface area contributed by atoms with Crippen LogP contribution < -0.4 is 0 Å². The van der Waals surface area contributed by atoms with Gasteiger partial charge in [0.05, 0.1) is 4.92 Å². The van der Waals surface area contributed by atoms with Crippen molar-refractivity contribution >= 4 is 17.7 Å². The molecule has 1 fully saturated rings. The number of carbonyl (C=O) groups is 1. The van der Waals surface area contributed by atoms with Gasteiger partial charge >= 0.3 is 0 Å². The van der Waals surface area contributed by atoms with Crippen LogP contribution in [0, 0.1) is 10.1 Å². The first-order chi connectivity index (χ1) is 8.68. The third kappa shape index (κ3) is 2.89. The molecule has 1 heterocycles. The van der Waals surface area contributed by atoms with E-state index in [0.29, 0.717) is 17.1 Å². The second kappa shape index (κ2) is 5.68. The van der Waals surface area contributed by atoms with Gasteiger partial charge in [0, 0.05) is 17.9 Å². The smallest absolute Gasteiger partial charge is 0.264 e. The van der Waals surface area contributed by atoms with Crippen LogP contribution in [0.3, 0.4) is 0 Å². The predicted octanol–water partition coefficient (Wildman–Crippen LogP) is 2.34. The molecule has 0 spiro atoms. The molecule has 1 saturated heterocycles. The van der Waals surface area contributed by atoms with Crippen molar-refractivity contribution in [1.82, 2.24) is 4.90 Å². The summed E-state index contributed by atoms with van der Waals surface area (Å²) < 4.78 is 0. The molecule has 1 amide bonds. The zero-order valence-corrected chi connectivity index (χ0v) is 10.4. The first-order valence-corrected chi connectivity index (χ1v) is 6.52. The summed E-state index contributed by atoms with van der Waals surface area (Å²) in [4.78, 5) is 23.8. The van der Waals surface area contributed by atoms with Crippen LogP contribution in [-0.4, -0.2) is 28.0 Å². The lowest BCUT2D eigenvalue weighted by atomic mass is 10.2. The Balaban J connectivity index is 2.24. The number of rotatable bonds is 2. The van der Waals surface area contributed by atoms with Crippen molar-refractivity contribution in [1.29, 1.82) is 0 Å². The molecule has 6 heteroatoms. The summed E-state index contributed by atoms with van der Waals surface area (Å²) >= 11 is 1.35.